The first-order chi connectivity index (χ1) is 12.3. The molecule has 0 bridgehead atoms. The second kappa shape index (κ2) is 10.3. The van der Waals surface area contributed by atoms with E-state index in [2.05, 4.69) is 70.3 Å². The summed E-state index contributed by atoms with van der Waals surface area (Å²) in [6, 6.07) is 10.6. The maximum Gasteiger partial charge on any atom is 0.191 e. The number of benzene rings is 1. The molecule has 0 aliphatic rings. The Morgan fingerprint density at radius 3 is 2.81 bits per heavy atom. The highest BCUT2D eigenvalue weighted by Gasteiger charge is 2.03. The Bertz CT molecular complexity index is 833. The van der Waals surface area contributed by atoms with Crippen LogP contribution in [-0.2, 0) is 20.0 Å². The van der Waals surface area contributed by atoms with Gasteiger partial charge in [-0.2, -0.15) is 0 Å². The van der Waals surface area contributed by atoms with Crippen molar-refractivity contribution in [1.29, 1.82) is 0 Å². The molecule has 0 saturated carbocycles. The molecule has 2 heterocycles. The van der Waals surface area contributed by atoms with Gasteiger partial charge >= 0.3 is 0 Å². The summed E-state index contributed by atoms with van der Waals surface area (Å²) in [5, 5.41) is 8.07. The molecule has 0 spiro atoms. The molecule has 1 aromatic carbocycles. The molecule has 0 saturated heterocycles. The highest BCUT2D eigenvalue weighted by atomic mass is 127. The molecular weight excluding hydrogens is 437 g/mol. The standard InChI is InChI=1S/C20H27N5.HI/c1-3-21-20(24-13-16-10-12-25(2)15-16)22-11-6-7-17-14-23-19-9-5-4-8-18(17)19;/h4-5,8-10,12,14-15,23H,3,6-7,11,13H2,1-2H3,(H2,21,22,24);1H. The number of guanidine groups is 1. The van der Waals surface area contributed by atoms with Gasteiger partial charge in [0.05, 0.1) is 6.54 Å². The van der Waals surface area contributed by atoms with Crippen LogP contribution in [0.5, 0.6) is 0 Å². The number of aryl methyl sites for hydroxylation is 2. The smallest absolute Gasteiger partial charge is 0.191 e. The van der Waals surface area contributed by atoms with Crippen LogP contribution in [0.25, 0.3) is 10.9 Å². The lowest BCUT2D eigenvalue weighted by Gasteiger charge is -2.11. The van der Waals surface area contributed by atoms with Crippen molar-refractivity contribution in [3.05, 3.63) is 60.0 Å². The third-order valence-electron chi connectivity index (χ3n) is 4.25. The monoisotopic (exact) mass is 465 g/mol. The highest BCUT2D eigenvalue weighted by Crippen LogP contribution is 2.18. The van der Waals surface area contributed by atoms with Gasteiger partial charge in [0.1, 0.15) is 0 Å². The maximum atomic E-state index is 4.66. The first-order valence-corrected chi connectivity index (χ1v) is 8.94. The topological polar surface area (TPSA) is 57.1 Å². The van der Waals surface area contributed by atoms with Crippen LogP contribution in [0.15, 0.2) is 53.9 Å². The second-order valence-electron chi connectivity index (χ2n) is 6.27. The van der Waals surface area contributed by atoms with E-state index in [-0.39, 0.29) is 24.0 Å². The largest absolute Gasteiger partial charge is 0.361 e. The van der Waals surface area contributed by atoms with Gasteiger partial charge in [-0.3, -0.25) is 0 Å². The summed E-state index contributed by atoms with van der Waals surface area (Å²) in [5.41, 5.74) is 3.81. The molecule has 140 valence electrons. The molecule has 0 aliphatic heterocycles. The van der Waals surface area contributed by atoms with E-state index < -0.39 is 0 Å². The summed E-state index contributed by atoms with van der Waals surface area (Å²) in [6.07, 6.45) is 8.39. The molecule has 26 heavy (non-hydrogen) atoms. The fourth-order valence-corrected chi connectivity index (χ4v) is 2.99. The van der Waals surface area contributed by atoms with Crippen LogP contribution in [0.3, 0.4) is 0 Å². The summed E-state index contributed by atoms with van der Waals surface area (Å²) in [7, 11) is 2.03. The van der Waals surface area contributed by atoms with Crippen molar-refractivity contribution in [3.63, 3.8) is 0 Å². The maximum absolute atomic E-state index is 4.66. The normalized spacial score (nSPS) is 11.4. The first-order valence-electron chi connectivity index (χ1n) is 8.94. The van der Waals surface area contributed by atoms with Crippen LogP contribution >= 0.6 is 24.0 Å². The lowest BCUT2D eigenvalue weighted by atomic mass is 10.1. The minimum Gasteiger partial charge on any atom is -0.361 e. The average Bonchev–Trinajstić information content (AvgIpc) is 3.22. The number of aromatic nitrogens is 2. The lowest BCUT2D eigenvalue weighted by molar-refractivity contribution is 0.745. The average molecular weight is 465 g/mol. The van der Waals surface area contributed by atoms with E-state index in [0.29, 0.717) is 6.54 Å². The SMILES string of the molecule is CCNC(=NCc1ccn(C)c1)NCCCc1c[nH]c2ccccc12.I. The number of aromatic amines is 1. The van der Waals surface area contributed by atoms with Gasteiger partial charge in [0.25, 0.3) is 0 Å². The number of nitrogens with one attached hydrogen (secondary N) is 3. The summed E-state index contributed by atoms with van der Waals surface area (Å²) in [6.45, 7) is 4.55. The minimum absolute atomic E-state index is 0. The van der Waals surface area contributed by atoms with Crippen molar-refractivity contribution in [3.8, 4) is 0 Å². The molecule has 0 aliphatic carbocycles. The molecular formula is C20H28IN5. The summed E-state index contributed by atoms with van der Waals surface area (Å²) >= 11 is 0. The Morgan fingerprint density at radius 2 is 2.04 bits per heavy atom. The molecule has 3 rings (SSSR count). The number of para-hydroxylation sites is 1. The van der Waals surface area contributed by atoms with Crippen LogP contribution < -0.4 is 10.6 Å². The highest BCUT2D eigenvalue weighted by molar-refractivity contribution is 14.0. The van der Waals surface area contributed by atoms with Crippen molar-refractivity contribution in [2.45, 2.75) is 26.3 Å². The number of aliphatic imine (C=N–C) groups is 1. The van der Waals surface area contributed by atoms with Crippen LogP contribution in [0.2, 0.25) is 0 Å². The van der Waals surface area contributed by atoms with Gasteiger partial charge in [0.2, 0.25) is 0 Å². The van der Waals surface area contributed by atoms with Gasteiger partial charge in [-0.05, 0) is 43.0 Å². The molecule has 3 N–H and O–H groups in total. The lowest BCUT2D eigenvalue weighted by Crippen LogP contribution is -2.37. The Morgan fingerprint density at radius 1 is 1.19 bits per heavy atom. The minimum atomic E-state index is 0. The quantitative estimate of drug-likeness (QED) is 0.215. The fraction of sp³-hybridized carbons (Fsp3) is 0.350. The molecule has 0 atom stereocenters. The number of rotatable bonds is 7. The Hall–Kier alpha value is -1.96. The molecule has 3 aromatic rings. The zero-order chi connectivity index (χ0) is 17.5. The zero-order valence-electron chi connectivity index (χ0n) is 15.5. The van der Waals surface area contributed by atoms with E-state index in [9.17, 15) is 0 Å². The molecule has 0 fully saturated rings. The van der Waals surface area contributed by atoms with Gasteiger partial charge in [0, 0.05) is 49.6 Å². The van der Waals surface area contributed by atoms with Crippen LogP contribution in [0, 0.1) is 0 Å². The predicted molar refractivity (Wildman–Crippen MR) is 120 cm³/mol. The third kappa shape index (κ3) is 5.52. The number of H-pyrrole nitrogens is 1. The van der Waals surface area contributed by atoms with E-state index >= 15 is 0 Å². The molecule has 0 amide bonds. The Labute approximate surface area is 172 Å². The zero-order valence-corrected chi connectivity index (χ0v) is 17.8. The van der Waals surface area contributed by atoms with Gasteiger partial charge in [0.15, 0.2) is 5.96 Å². The van der Waals surface area contributed by atoms with Crippen molar-refractivity contribution in [2.24, 2.45) is 12.0 Å². The van der Waals surface area contributed by atoms with Crippen molar-refractivity contribution >= 4 is 40.8 Å². The van der Waals surface area contributed by atoms with Crippen molar-refractivity contribution in [1.82, 2.24) is 20.2 Å². The summed E-state index contributed by atoms with van der Waals surface area (Å²) in [5.74, 6) is 0.880. The summed E-state index contributed by atoms with van der Waals surface area (Å²) < 4.78 is 2.05. The molecule has 0 radical (unpaired) electrons. The van der Waals surface area contributed by atoms with Gasteiger partial charge < -0.3 is 20.2 Å². The van der Waals surface area contributed by atoms with E-state index in [1.54, 1.807) is 0 Å². The number of hydrogen-bond donors (Lipinski definition) is 3. The van der Waals surface area contributed by atoms with Crippen LogP contribution in [-0.4, -0.2) is 28.6 Å². The number of hydrogen-bond acceptors (Lipinski definition) is 1. The van der Waals surface area contributed by atoms with Crippen LogP contribution in [0.4, 0.5) is 0 Å². The number of fused-ring (bicyclic) bond motifs is 1. The third-order valence-corrected chi connectivity index (χ3v) is 4.25. The summed E-state index contributed by atoms with van der Waals surface area (Å²) in [4.78, 5) is 8.00. The molecule has 6 heteroatoms. The molecule has 0 unspecified atom stereocenters. The molecule has 2 aromatic heterocycles. The Kier molecular flexibility index (Phi) is 8.03. The van der Waals surface area contributed by atoms with Gasteiger partial charge in [-0.1, -0.05) is 18.2 Å². The van der Waals surface area contributed by atoms with E-state index in [1.807, 2.05) is 17.8 Å². The number of halogens is 1. The van der Waals surface area contributed by atoms with Crippen LogP contribution in [0.1, 0.15) is 24.5 Å². The van der Waals surface area contributed by atoms with Crippen molar-refractivity contribution in [2.75, 3.05) is 13.1 Å². The number of nitrogens with zero attached hydrogens (tertiary/aromatic N) is 2. The van der Waals surface area contributed by atoms with Crippen molar-refractivity contribution < 1.29 is 0 Å². The van der Waals surface area contributed by atoms with Gasteiger partial charge in [-0.25, -0.2) is 4.99 Å². The second-order valence-corrected chi connectivity index (χ2v) is 6.27. The fourth-order valence-electron chi connectivity index (χ4n) is 2.99. The molecule has 5 nitrogen and oxygen atoms in total. The van der Waals surface area contributed by atoms with E-state index in [0.717, 1.165) is 31.9 Å². The first kappa shape index (κ1) is 20.4. The van der Waals surface area contributed by atoms with E-state index in [1.165, 1.54) is 22.0 Å². The van der Waals surface area contributed by atoms with E-state index in [4.69, 9.17) is 0 Å². The van der Waals surface area contributed by atoms with Gasteiger partial charge in [-0.15, -0.1) is 24.0 Å². The Balaban J connectivity index is 0.00000243. The predicted octanol–water partition coefficient (Wildman–Crippen LogP) is 3.81.